The topological polar surface area (TPSA) is 9.23 Å². The molecule has 0 amide bonds. The molecule has 0 aromatic rings. The van der Waals surface area contributed by atoms with E-state index in [1.807, 2.05) is 0 Å². The number of halogens is 3. The van der Waals surface area contributed by atoms with E-state index < -0.39 is 12.6 Å². The average Bonchev–Trinajstić information content (AvgIpc) is 2.08. The first-order valence-corrected chi connectivity index (χ1v) is 5.75. The normalized spacial score (nSPS) is 14.6. The first-order chi connectivity index (χ1) is 6.87. The van der Waals surface area contributed by atoms with Crippen LogP contribution in [0.3, 0.4) is 0 Å². The Morgan fingerprint density at radius 3 is 2.27 bits per heavy atom. The second-order valence-electron chi connectivity index (χ2n) is 3.98. The Morgan fingerprint density at radius 1 is 1.27 bits per heavy atom. The number of ether oxygens (including phenoxy) is 1. The van der Waals surface area contributed by atoms with Crippen molar-refractivity contribution in [2.45, 2.75) is 32.9 Å². The monoisotopic (exact) mass is 244 g/mol. The van der Waals surface area contributed by atoms with Crippen LogP contribution >= 0.6 is 12.6 Å². The molecule has 1 unspecified atom stereocenters. The van der Waals surface area contributed by atoms with Crippen LogP contribution in [0, 0.1) is 11.8 Å². The van der Waals surface area contributed by atoms with E-state index in [9.17, 15) is 13.2 Å². The predicted octanol–water partition coefficient (Wildman–Crippen LogP) is 3.55. The molecule has 0 aromatic heterocycles. The van der Waals surface area contributed by atoms with Crippen molar-refractivity contribution in [3.05, 3.63) is 0 Å². The fourth-order valence-corrected chi connectivity index (χ4v) is 1.59. The Balaban J connectivity index is 3.45. The number of alkyl halides is 3. The number of hydrogen-bond acceptors (Lipinski definition) is 2. The fraction of sp³-hybridized carbons (Fsp3) is 1.00. The van der Waals surface area contributed by atoms with Gasteiger partial charge in [0.1, 0.15) is 0 Å². The Bertz CT molecular complexity index is 159. The highest BCUT2D eigenvalue weighted by molar-refractivity contribution is 7.80. The van der Waals surface area contributed by atoms with Crippen molar-refractivity contribution in [1.82, 2.24) is 0 Å². The fourth-order valence-electron chi connectivity index (χ4n) is 1.07. The molecule has 0 spiro atoms. The minimum absolute atomic E-state index is 0.0425. The van der Waals surface area contributed by atoms with Crippen molar-refractivity contribution >= 4 is 12.6 Å². The zero-order valence-corrected chi connectivity index (χ0v) is 10.1. The number of rotatable bonds is 7. The van der Waals surface area contributed by atoms with E-state index in [0.717, 1.165) is 0 Å². The van der Waals surface area contributed by atoms with Gasteiger partial charge in [-0.15, -0.1) is 0 Å². The molecule has 15 heavy (non-hydrogen) atoms. The van der Waals surface area contributed by atoms with E-state index in [1.54, 1.807) is 0 Å². The predicted molar refractivity (Wildman–Crippen MR) is 58.3 cm³/mol. The lowest BCUT2D eigenvalue weighted by Gasteiger charge is -2.18. The van der Waals surface area contributed by atoms with Crippen LogP contribution in [0.25, 0.3) is 0 Å². The van der Waals surface area contributed by atoms with Crippen LogP contribution in [-0.2, 0) is 4.74 Å². The second-order valence-corrected chi connectivity index (χ2v) is 4.35. The third kappa shape index (κ3) is 9.05. The van der Waals surface area contributed by atoms with Crippen molar-refractivity contribution in [3.8, 4) is 0 Å². The molecule has 1 nitrogen and oxygen atoms in total. The third-order valence-corrected chi connectivity index (χ3v) is 2.73. The highest BCUT2D eigenvalue weighted by Crippen LogP contribution is 2.21. The second kappa shape index (κ2) is 7.39. The van der Waals surface area contributed by atoms with Crippen LogP contribution < -0.4 is 0 Å². The lowest BCUT2D eigenvalue weighted by molar-refractivity contribution is -0.138. The van der Waals surface area contributed by atoms with Crippen molar-refractivity contribution in [2.24, 2.45) is 11.8 Å². The Labute approximate surface area is 94.8 Å². The molecule has 0 heterocycles. The largest absolute Gasteiger partial charge is 0.389 e. The van der Waals surface area contributed by atoms with Gasteiger partial charge < -0.3 is 4.74 Å². The van der Waals surface area contributed by atoms with E-state index >= 15 is 0 Å². The van der Waals surface area contributed by atoms with Gasteiger partial charge in [-0.05, 0) is 24.0 Å². The van der Waals surface area contributed by atoms with Crippen LogP contribution in [0.2, 0.25) is 0 Å². The van der Waals surface area contributed by atoms with Gasteiger partial charge in [0.2, 0.25) is 0 Å². The quantitative estimate of drug-likeness (QED) is 0.532. The molecule has 0 saturated carbocycles. The van der Waals surface area contributed by atoms with Crippen molar-refractivity contribution in [3.63, 3.8) is 0 Å². The van der Waals surface area contributed by atoms with Gasteiger partial charge in [0, 0.05) is 13.0 Å². The molecule has 1 atom stereocenters. The van der Waals surface area contributed by atoms with Gasteiger partial charge in [0.15, 0.2) is 0 Å². The standard InChI is InChI=1S/C10H19F3OS/c1-8(2)9(7-15)6-14-5-3-4-10(11,12)13/h8-9,15H,3-7H2,1-2H3. The molecule has 0 fully saturated rings. The van der Waals surface area contributed by atoms with Gasteiger partial charge in [0.25, 0.3) is 0 Å². The molecule has 0 N–H and O–H groups in total. The SMILES string of the molecule is CC(C)C(CS)COCCCC(F)(F)F. The summed E-state index contributed by atoms with van der Waals surface area (Å²) < 4.78 is 40.5. The van der Waals surface area contributed by atoms with Gasteiger partial charge in [-0.1, -0.05) is 13.8 Å². The van der Waals surface area contributed by atoms with Gasteiger partial charge in [-0.25, -0.2) is 0 Å². The average molecular weight is 244 g/mol. The minimum Gasteiger partial charge on any atom is -0.381 e. The van der Waals surface area contributed by atoms with Crippen LogP contribution in [-0.4, -0.2) is 25.1 Å². The van der Waals surface area contributed by atoms with Crippen molar-refractivity contribution in [2.75, 3.05) is 19.0 Å². The van der Waals surface area contributed by atoms with Gasteiger partial charge >= 0.3 is 6.18 Å². The zero-order valence-electron chi connectivity index (χ0n) is 9.18. The summed E-state index contributed by atoms with van der Waals surface area (Å²) in [6.45, 7) is 4.79. The van der Waals surface area contributed by atoms with Gasteiger partial charge in [0.05, 0.1) is 6.61 Å². The van der Waals surface area contributed by atoms with Crippen molar-refractivity contribution in [1.29, 1.82) is 0 Å². The van der Waals surface area contributed by atoms with Crippen LogP contribution in [0.1, 0.15) is 26.7 Å². The summed E-state index contributed by atoms with van der Waals surface area (Å²) in [5.74, 6) is 1.47. The highest BCUT2D eigenvalue weighted by atomic mass is 32.1. The molecule has 0 aliphatic rings. The van der Waals surface area contributed by atoms with E-state index in [2.05, 4.69) is 26.5 Å². The molecule has 5 heteroatoms. The molecule has 0 aromatic carbocycles. The maximum Gasteiger partial charge on any atom is 0.389 e. The maximum absolute atomic E-state index is 11.8. The molecule has 0 bridgehead atoms. The van der Waals surface area contributed by atoms with E-state index in [-0.39, 0.29) is 13.0 Å². The Hall–Kier alpha value is 0.100. The first kappa shape index (κ1) is 15.1. The van der Waals surface area contributed by atoms with Gasteiger partial charge in [-0.2, -0.15) is 25.8 Å². The van der Waals surface area contributed by atoms with Crippen LogP contribution in [0.4, 0.5) is 13.2 Å². The summed E-state index contributed by atoms with van der Waals surface area (Å²) in [6, 6.07) is 0. The molecule has 0 radical (unpaired) electrons. The summed E-state index contributed by atoms with van der Waals surface area (Å²) in [5.41, 5.74) is 0. The molecule has 0 rings (SSSR count). The summed E-state index contributed by atoms with van der Waals surface area (Å²) >= 11 is 4.17. The molecule has 0 aliphatic carbocycles. The number of hydrogen-bond donors (Lipinski definition) is 1. The van der Waals surface area contributed by atoms with Gasteiger partial charge in [-0.3, -0.25) is 0 Å². The maximum atomic E-state index is 11.8. The molecule has 92 valence electrons. The molecule has 0 saturated heterocycles. The first-order valence-electron chi connectivity index (χ1n) is 5.12. The van der Waals surface area contributed by atoms with Crippen LogP contribution in [0.15, 0.2) is 0 Å². The molecular formula is C10H19F3OS. The smallest absolute Gasteiger partial charge is 0.381 e. The van der Waals surface area contributed by atoms with Crippen LogP contribution in [0.5, 0.6) is 0 Å². The highest BCUT2D eigenvalue weighted by Gasteiger charge is 2.26. The summed E-state index contributed by atoms with van der Waals surface area (Å²) in [4.78, 5) is 0. The Kier molecular flexibility index (Phi) is 7.44. The lowest BCUT2D eigenvalue weighted by atomic mass is 9.99. The Morgan fingerprint density at radius 2 is 1.87 bits per heavy atom. The zero-order chi connectivity index (χ0) is 11.9. The van der Waals surface area contributed by atoms with E-state index in [4.69, 9.17) is 4.74 Å². The summed E-state index contributed by atoms with van der Waals surface area (Å²) in [7, 11) is 0. The van der Waals surface area contributed by atoms with E-state index in [0.29, 0.717) is 24.2 Å². The third-order valence-electron chi connectivity index (χ3n) is 2.26. The number of thiol groups is 1. The molecule has 0 aliphatic heterocycles. The lowest BCUT2D eigenvalue weighted by Crippen LogP contribution is -2.18. The minimum atomic E-state index is -4.07. The summed E-state index contributed by atoms with van der Waals surface area (Å²) in [5, 5.41) is 0. The summed E-state index contributed by atoms with van der Waals surface area (Å²) in [6.07, 6.45) is -4.79. The molecular weight excluding hydrogens is 225 g/mol. The van der Waals surface area contributed by atoms with E-state index in [1.165, 1.54) is 0 Å². The van der Waals surface area contributed by atoms with Crippen molar-refractivity contribution < 1.29 is 17.9 Å².